The number of halogens is 12. The van der Waals surface area contributed by atoms with Crippen molar-refractivity contribution in [2.75, 3.05) is 13.2 Å². The van der Waals surface area contributed by atoms with E-state index in [4.69, 9.17) is 10.2 Å². The fourth-order valence-electron chi connectivity index (χ4n) is 2.60. The van der Waals surface area contributed by atoms with Gasteiger partial charge >= 0.3 is 23.1 Å². The minimum atomic E-state index is -6.09. The SMILES string of the molecule is Cc1cc(C(CO)(C(F)(F)F)C(F)(F)Cl)cc(C(CO)(C(F)(F)F)C(F)(F)Cl)n1. The summed E-state index contributed by atoms with van der Waals surface area (Å²) >= 11 is 9.04. The molecule has 1 aromatic rings. The second-order valence-electron chi connectivity index (χ2n) is 6.00. The summed E-state index contributed by atoms with van der Waals surface area (Å²) < 4.78 is 136. The van der Waals surface area contributed by atoms with Gasteiger partial charge in [0.15, 0.2) is 5.41 Å². The molecule has 1 rings (SSSR count). The molecule has 0 saturated heterocycles. The van der Waals surface area contributed by atoms with Crippen LogP contribution >= 0.6 is 23.2 Å². The zero-order valence-corrected chi connectivity index (χ0v) is 15.5. The molecule has 15 heteroatoms. The van der Waals surface area contributed by atoms with Crippen LogP contribution in [0.15, 0.2) is 12.1 Å². The molecular weight excluding hydrogens is 475 g/mol. The normalized spacial score (nSPS) is 18.3. The molecule has 0 spiro atoms. The smallest absolute Gasteiger partial charge is 0.395 e. The summed E-state index contributed by atoms with van der Waals surface area (Å²) in [7, 11) is 0. The molecule has 0 saturated carbocycles. The fraction of sp³-hybridized carbons (Fsp3) is 0.643. The molecule has 0 bridgehead atoms. The van der Waals surface area contributed by atoms with Gasteiger partial charge < -0.3 is 10.2 Å². The lowest BCUT2D eigenvalue weighted by Gasteiger charge is -2.40. The summed E-state index contributed by atoms with van der Waals surface area (Å²) in [6, 6.07) is -0.207. The Morgan fingerprint density at radius 2 is 1.14 bits per heavy atom. The van der Waals surface area contributed by atoms with Crippen molar-refractivity contribution in [3.05, 3.63) is 29.1 Å². The predicted octanol–water partition coefficient (Wildman–Crippen LogP) is 4.64. The van der Waals surface area contributed by atoms with Crippen LogP contribution < -0.4 is 0 Å². The molecule has 0 aliphatic rings. The lowest BCUT2D eigenvalue weighted by atomic mass is 9.76. The van der Waals surface area contributed by atoms with Crippen molar-refractivity contribution in [2.45, 2.75) is 40.9 Å². The molecule has 29 heavy (non-hydrogen) atoms. The van der Waals surface area contributed by atoms with E-state index in [1.807, 2.05) is 0 Å². The monoisotopic (exact) mass is 485 g/mol. The van der Waals surface area contributed by atoms with Crippen LogP contribution in [0.5, 0.6) is 0 Å². The Hall–Kier alpha value is -1.05. The minimum Gasteiger partial charge on any atom is -0.395 e. The van der Waals surface area contributed by atoms with Gasteiger partial charge in [-0.1, -0.05) is 0 Å². The number of nitrogens with zero attached hydrogens (tertiary/aromatic N) is 1. The molecule has 0 aliphatic heterocycles. The van der Waals surface area contributed by atoms with Gasteiger partial charge in [-0.05, 0) is 47.8 Å². The third-order valence-corrected chi connectivity index (χ3v) is 4.94. The first-order valence-corrected chi connectivity index (χ1v) is 7.97. The Morgan fingerprint density at radius 3 is 1.41 bits per heavy atom. The molecule has 1 aromatic heterocycles. The lowest BCUT2D eigenvalue weighted by molar-refractivity contribution is -0.249. The van der Waals surface area contributed by atoms with Crippen molar-refractivity contribution in [1.82, 2.24) is 4.98 Å². The Balaban J connectivity index is 4.10. The van der Waals surface area contributed by atoms with Gasteiger partial charge in [-0.2, -0.15) is 43.9 Å². The van der Waals surface area contributed by atoms with Gasteiger partial charge in [-0.15, -0.1) is 0 Å². The minimum absolute atomic E-state index is 0.189. The van der Waals surface area contributed by atoms with E-state index < -0.39 is 70.2 Å². The van der Waals surface area contributed by atoms with Crippen LogP contribution in [-0.2, 0) is 10.8 Å². The number of rotatable bonds is 6. The Bertz CT molecular complexity index is 654. The van der Waals surface area contributed by atoms with Crippen molar-refractivity contribution < 1.29 is 54.1 Å². The van der Waals surface area contributed by atoms with Crippen LogP contribution in [0.25, 0.3) is 0 Å². The third kappa shape index (κ3) is 3.98. The van der Waals surface area contributed by atoms with Crippen molar-refractivity contribution in [1.29, 1.82) is 0 Å². The van der Waals surface area contributed by atoms with Gasteiger partial charge in [0.2, 0.25) is 5.41 Å². The highest BCUT2D eigenvalue weighted by molar-refractivity contribution is 6.23. The number of pyridine rings is 1. The first-order chi connectivity index (χ1) is 12.7. The quantitative estimate of drug-likeness (QED) is 0.456. The average molecular weight is 486 g/mol. The Morgan fingerprint density at radius 1 is 0.759 bits per heavy atom. The van der Waals surface area contributed by atoms with Crippen LogP contribution in [-0.4, -0.2) is 51.5 Å². The standard InChI is InChI=1S/C14H11Cl2F10NO2/c1-6-2-7(9(4-28,11(15,17)18)13(21,22)23)3-8(27-6)10(5-29,12(16,19)20)14(24,25)26/h2-3,28-29H,4-5H2,1H3. The number of aliphatic hydroxyl groups is 2. The first kappa shape index (κ1) is 26.0. The number of aliphatic hydroxyl groups excluding tert-OH is 2. The molecule has 3 nitrogen and oxygen atoms in total. The van der Waals surface area contributed by atoms with E-state index in [0.717, 1.165) is 0 Å². The summed E-state index contributed by atoms with van der Waals surface area (Å²) in [5.74, 6) is 0. The lowest BCUT2D eigenvalue weighted by Crippen LogP contribution is -2.58. The van der Waals surface area contributed by atoms with E-state index in [1.54, 1.807) is 0 Å². The van der Waals surface area contributed by atoms with Gasteiger partial charge in [-0.3, -0.25) is 4.98 Å². The van der Waals surface area contributed by atoms with Crippen molar-refractivity contribution in [2.24, 2.45) is 0 Å². The van der Waals surface area contributed by atoms with Crippen molar-refractivity contribution in [3.8, 4) is 0 Å². The largest absolute Gasteiger partial charge is 0.409 e. The summed E-state index contributed by atoms with van der Waals surface area (Å²) in [4.78, 5) is 3.04. The van der Waals surface area contributed by atoms with E-state index in [1.165, 1.54) is 0 Å². The molecule has 168 valence electrons. The van der Waals surface area contributed by atoms with E-state index in [2.05, 4.69) is 28.2 Å². The maximum atomic E-state index is 13.8. The Labute approximate surface area is 166 Å². The number of alkyl halides is 12. The van der Waals surface area contributed by atoms with E-state index in [9.17, 15) is 43.9 Å². The average Bonchev–Trinajstić information content (AvgIpc) is 2.42. The third-order valence-electron chi connectivity index (χ3n) is 4.29. The summed E-state index contributed by atoms with van der Waals surface area (Å²) in [6.07, 6.45) is -12.1. The molecule has 1 heterocycles. The summed E-state index contributed by atoms with van der Waals surface area (Å²) in [6.45, 7) is -4.23. The van der Waals surface area contributed by atoms with Gasteiger partial charge in [0, 0.05) is 5.69 Å². The molecule has 2 unspecified atom stereocenters. The second-order valence-corrected chi connectivity index (χ2v) is 6.95. The van der Waals surface area contributed by atoms with Crippen molar-refractivity contribution in [3.63, 3.8) is 0 Å². The number of hydrogen-bond acceptors (Lipinski definition) is 3. The van der Waals surface area contributed by atoms with Crippen molar-refractivity contribution >= 4 is 23.2 Å². The maximum Gasteiger partial charge on any atom is 0.409 e. The van der Waals surface area contributed by atoms with Gasteiger partial charge in [-0.25, -0.2) is 0 Å². The number of hydrogen-bond donors (Lipinski definition) is 2. The highest BCUT2D eigenvalue weighted by Gasteiger charge is 2.73. The molecule has 2 N–H and O–H groups in total. The molecule has 2 atom stereocenters. The number of aryl methyl sites for hydroxylation is 1. The number of aromatic nitrogens is 1. The highest BCUT2D eigenvalue weighted by atomic mass is 35.5. The zero-order valence-electron chi connectivity index (χ0n) is 13.9. The Kier molecular flexibility index (Phi) is 6.79. The van der Waals surface area contributed by atoms with E-state index in [-0.39, 0.29) is 6.07 Å². The molecule has 0 fully saturated rings. The van der Waals surface area contributed by atoms with Crippen LogP contribution in [0.4, 0.5) is 43.9 Å². The van der Waals surface area contributed by atoms with Crippen LogP contribution in [0, 0.1) is 6.92 Å². The van der Waals surface area contributed by atoms with Gasteiger partial charge in [0.1, 0.15) is 0 Å². The maximum absolute atomic E-state index is 13.8. The molecule has 0 aliphatic carbocycles. The second kappa shape index (κ2) is 7.57. The zero-order chi connectivity index (χ0) is 23.3. The first-order valence-electron chi connectivity index (χ1n) is 7.21. The molecular formula is C14H11Cl2F10NO2. The van der Waals surface area contributed by atoms with Crippen LogP contribution in [0.3, 0.4) is 0 Å². The highest BCUT2D eigenvalue weighted by Crippen LogP contribution is 2.56. The molecule has 0 radical (unpaired) electrons. The predicted molar refractivity (Wildman–Crippen MR) is 80.2 cm³/mol. The van der Waals surface area contributed by atoms with Gasteiger partial charge in [0.05, 0.1) is 18.9 Å². The summed E-state index contributed by atoms with van der Waals surface area (Å²) in [5.41, 5.74) is -14.1. The topological polar surface area (TPSA) is 53.4 Å². The fourth-order valence-corrected chi connectivity index (χ4v) is 3.14. The molecule has 0 aromatic carbocycles. The van der Waals surface area contributed by atoms with Gasteiger partial charge in [0.25, 0.3) is 0 Å². The summed E-state index contributed by atoms with van der Waals surface area (Å²) in [5, 5.41) is 7.52. The van der Waals surface area contributed by atoms with Crippen LogP contribution in [0.1, 0.15) is 17.0 Å². The van der Waals surface area contributed by atoms with E-state index >= 15 is 0 Å². The van der Waals surface area contributed by atoms with E-state index in [0.29, 0.717) is 6.92 Å². The van der Waals surface area contributed by atoms with Crippen LogP contribution in [0.2, 0.25) is 0 Å². The molecule has 0 amide bonds.